The van der Waals surface area contributed by atoms with Crippen LogP contribution in [0.1, 0.15) is 6.42 Å². The third-order valence-corrected chi connectivity index (χ3v) is 3.45. The molecular formula is C11H13NO4. The fourth-order valence-corrected chi connectivity index (χ4v) is 2.81. The van der Waals surface area contributed by atoms with Crippen LogP contribution in [0.4, 0.5) is 4.79 Å². The Labute approximate surface area is 92.6 Å². The van der Waals surface area contributed by atoms with Crippen molar-refractivity contribution in [3.8, 4) is 0 Å². The summed E-state index contributed by atoms with van der Waals surface area (Å²) >= 11 is 0. The van der Waals surface area contributed by atoms with Crippen LogP contribution in [0.2, 0.25) is 0 Å². The third-order valence-electron chi connectivity index (χ3n) is 3.45. The van der Waals surface area contributed by atoms with Crippen molar-refractivity contribution < 1.29 is 19.7 Å². The number of nitrogens with zero attached hydrogens (tertiary/aromatic N) is 1. The molecule has 1 saturated carbocycles. The lowest BCUT2D eigenvalue weighted by Crippen LogP contribution is -2.38. The summed E-state index contributed by atoms with van der Waals surface area (Å²) in [6.07, 6.45) is 2.72. The molecular weight excluding hydrogens is 210 g/mol. The quantitative estimate of drug-likeness (QED) is 0.646. The van der Waals surface area contributed by atoms with Crippen LogP contribution in [0, 0.1) is 0 Å². The zero-order valence-electron chi connectivity index (χ0n) is 8.67. The molecule has 0 spiro atoms. The summed E-state index contributed by atoms with van der Waals surface area (Å²) < 4.78 is 5.16. The van der Waals surface area contributed by atoms with Gasteiger partial charge in [0.25, 0.3) is 0 Å². The normalized spacial score (nSPS) is 38.8. The zero-order chi connectivity index (χ0) is 11.3. The molecule has 2 fully saturated rings. The highest BCUT2D eigenvalue weighted by Gasteiger charge is 2.55. The Bertz CT molecular complexity index is 401. The third kappa shape index (κ3) is 1.10. The largest absolute Gasteiger partial charge is 0.440 e. The predicted octanol–water partition coefficient (Wildman–Crippen LogP) is -0.201. The first-order chi connectivity index (χ1) is 7.74. The molecule has 3 atom stereocenters. The van der Waals surface area contributed by atoms with Gasteiger partial charge in [-0.2, -0.15) is 0 Å². The Morgan fingerprint density at radius 1 is 1.62 bits per heavy atom. The molecule has 0 aromatic carbocycles. The van der Waals surface area contributed by atoms with Crippen LogP contribution in [0.25, 0.3) is 0 Å². The molecule has 2 aliphatic heterocycles. The molecule has 1 amide bonds. The lowest BCUT2D eigenvalue weighted by Gasteiger charge is -2.25. The molecule has 16 heavy (non-hydrogen) atoms. The summed E-state index contributed by atoms with van der Waals surface area (Å²) in [5, 5.41) is 19.0. The summed E-state index contributed by atoms with van der Waals surface area (Å²) in [6.45, 7) is 0.528. The lowest BCUT2D eigenvalue weighted by atomic mass is 10.0. The fourth-order valence-electron chi connectivity index (χ4n) is 2.81. The number of carbonyl (C=O) groups is 1. The van der Waals surface area contributed by atoms with Crippen LogP contribution in [-0.2, 0) is 4.74 Å². The van der Waals surface area contributed by atoms with Crippen LogP contribution in [0.5, 0.6) is 0 Å². The lowest BCUT2D eigenvalue weighted by molar-refractivity contribution is 0.0579. The van der Waals surface area contributed by atoms with Gasteiger partial charge in [0.15, 0.2) is 6.10 Å². The van der Waals surface area contributed by atoms with Gasteiger partial charge in [-0.3, -0.25) is 4.90 Å². The van der Waals surface area contributed by atoms with Crippen LogP contribution in [0.3, 0.4) is 0 Å². The smallest absolute Gasteiger partial charge is 0.410 e. The maximum Gasteiger partial charge on any atom is 0.410 e. The second kappa shape index (κ2) is 3.33. The Hall–Kier alpha value is -1.33. The van der Waals surface area contributed by atoms with Gasteiger partial charge in [-0.1, -0.05) is 12.2 Å². The van der Waals surface area contributed by atoms with E-state index in [0.29, 0.717) is 12.1 Å². The van der Waals surface area contributed by atoms with Crippen molar-refractivity contribution >= 4 is 6.09 Å². The number of ether oxygens (including phenoxy) is 1. The van der Waals surface area contributed by atoms with Crippen molar-refractivity contribution in [1.29, 1.82) is 0 Å². The number of carbonyl (C=O) groups excluding carboxylic acids is 1. The minimum absolute atomic E-state index is 0.114. The predicted molar refractivity (Wildman–Crippen MR) is 54.6 cm³/mol. The van der Waals surface area contributed by atoms with Gasteiger partial charge in [-0.25, -0.2) is 4.79 Å². The van der Waals surface area contributed by atoms with Crippen molar-refractivity contribution in [1.82, 2.24) is 4.90 Å². The zero-order valence-corrected chi connectivity index (χ0v) is 8.67. The molecule has 3 rings (SSSR count). The summed E-state index contributed by atoms with van der Waals surface area (Å²) in [5.41, 5.74) is 1.64. The average molecular weight is 223 g/mol. The van der Waals surface area contributed by atoms with E-state index in [2.05, 4.69) is 0 Å². The van der Waals surface area contributed by atoms with Crippen molar-refractivity contribution in [2.75, 3.05) is 13.2 Å². The number of amides is 1. The van der Waals surface area contributed by atoms with Gasteiger partial charge in [-0.15, -0.1) is 0 Å². The fraction of sp³-hybridized carbons (Fsp3) is 0.545. The second-order valence-corrected chi connectivity index (χ2v) is 4.22. The van der Waals surface area contributed by atoms with E-state index in [1.807, 2.05) is 6.08 Å². The van der Waals surface area contributed by atoms with E-state index in [-0.39, 0.29) is 18.7 Å². The van der Waals surface area contributed by atoms with Gasteiger partial charge in [0.2, 0.25) is 0 Å². The highest BCUT2D eigenvalue weighted by molar-refractivity contribution is 5.74. The second-order valence-electron chi connectivity index (χ2n) is 4.22. The summed E-state index contributed by atoms with van der Waals surface area (Å²) in [6, 6.07) is -0.158. The van der Waals surface area contributed by atoms with E-state index in [1.165, 1.54) is 0 Å². The van der Waals surface area contributed by atoms with Crippen molar-refractivity contribution in [3.63, 3.8) is 0 Å². The summed E-state index contributed by atoms with van der Waals surface area (Å²) in [5.74, 6) is 0. The van der Waals surface area contributed by atoms with Crippen LogP contribution >= 0.6 is 0 Å². The van der Waals surface area contributed by atoms with Crippen molar-refractivity contribution in [2.45, 2.75) is 24.7 Å². The van der Waals surface area contributed by atoms with E-state index in [4.69, 9.17) is 9.84 Å². The molecule has 3 unspecified atom stereocenters. The monoisotopic (exact) mass is 223 g/mol. The molecule has 0 radical (unpaired) electrons. The Balaban J connectivity index is 2.05. The highest BCUT2D eigenvalue weighted by atomic mass is 16.6. The molecule has 1 saturated heterocycles. The summed E-state index contributed by atoms with van der Waals surface area (Å²) in [4.78, 5) is 13.2. The molecule has 5 heteroatoms. The van der Waals surface area contributed by atoms with Crippen molar-refractivity contribution in [2.24, 2.45) is 0 Å². The average Bonchev–Trinajstić information content (AvgIpc) is 2.75. The first-order valence-electron chi connectivity index (χ1n) is 5.40. The van der Waals surface area contributed by atoms with Gasteiger partial charge in [0.05, 0.1) is 6.61 Å². The first-order valence-corrected chi connectivity index (χ1v) is 5.40. The van der Waals surface area contributed by atoms with E-state index in [9.17, 15) is 9.90 Å². The highest BCUT2D eigenvalue weighted by Crippen LogP contribution is 2.43. The molecule has 86 valence electrons. The van der Waals surface area contributed by atoms with Gasteiger partial charge in [0.1, 0.15) is 12.1 Å². The standard InChI is InChI=1S/C11H13NO4/c13-5-3-7-6-2-1-4-12-8(6)10(9(7)14)16-11(12)15/h2-3,8-10,13-14H,1,4-5H2. The molecule has 0 bridgehead atoms. The van der Waals surface area contributed by atoms with Crippen molar-refractivity contribution in [3.05, 3.63) is 23.3 Å². The van der Waals surface area contributed by atoms with Gasteiger partial charge in [0, 0.05) is 6.54 Å². The molecule has 2 heterocycles. The number of rotatable bonds is 1. The van der Waals surface area contributed by atoms with E-state index < -0.39 is 12.2 Å². The molecule has 0 aromatic heterocycles. The maximum absolute atomic E-state index is 11.5. The Kier molecular flexibility index (Phi) is 2.05. The van der Waals surface area contributed by atoms with E-state index in [0.717, 1.165) is 12.0 Å². The number of aliphatic hydroxyl groups is 2. The molecule has 0 aromatic rings. The van der Waals surface area contributed by atoms with Gasteiger partial charge < -0.3 is 14.9 Å². The topological polar surface area (TPSA) is 70.0 Å². The minimum Gasteiger partial charge on any atom is -0.440 e. The Morgan fingerprint density at radius 3 is 3.19 bits per heavy atom. The van der Waals surface area contributed by atoms with Gasteiger partial charge in [-0.05, 0) is 17.6 Å². The number of hydrogen-bond acceptors (Lipinski definition) is 4. The van der Waals surface area contributed by atoms with Crippen LogP contribution in [0.15, 0.2) is 23.3 Å². The number of aliphatic hydroxyl groups excluding tert-OH is 2. The van der Waals surface area contributed by atoms with Crippen LogP contribution in [-0.4, -0.2) is 52.6 Å². The molecule has 1 aliphatic carbocycles. The molecule has 2 N–H and O–H groups in total. The van der Waals surface area contributed by atoms with Gasteiger partial charge >= 0.3 is 6.09 Å². The number of hydrogen-bond donors (Lipinski definition) is 2. The van der Waals surface area contributed by atoms with E-state index in [1.54, 1.807) is 11.0 Å². The minimum atomic E-state index is -0.810. The van der Waals surface area contributed by atoms with Crippen LogP contribution < -0.4 is 0 Å². The first kappa shape index (κ1) is 9.86. The van der Waals surface area contributed by atoms with E-state index >= 15 is 0 Å². The SMILES string of the molecule is O=C1OC2C(O)C(=CCO)C3=CCCN1C32. The maximum atomic E-state index is 11.5. The summed E-state index contributed by atoms with van der Waals surface area (Å²) in [7, 11) is 0. The molecule has 3 aliphatic rings. The Morgan fingerprint density at radius 2 is 2.44 bits per heavy atom. The molecule has 5 nitrogen and oxygen atoms in total.